The Morgan fingerprint density at radius 2 is 2.04 bits per heavy atom. The second-order valence-corrected chi connectivity index (χ2v) is 6.34. The predicted molar refractivity (Wildman–Crippen MR) is 103 cm³/mol. The van der Waals surface area contributed by atoms with E-state index in [0.29, 0.717) is 5.95 Å². The van der Waals surface area contributed by atoms with Gasteiger partial charge in [0.15, 0.2) is 0 Å². The Kier molecular flexibility index (Phi) is 5.14. The molecule has 3 aromatic rings. The summed E-state index contributed by atoms with van der Waals surface area (Å²) in [6.07, 6.45) is 2.80. The number of hydrogen-bond donors (Lipinski definition) is 2. The predicted octanol–water partition coefficient (Wildman–Crippen LogP) is 2.87. The molecule has 7 heteroatoms. The molecule has 0 bridgehead atoms. The Morgan fingerprint density at radius 3 is 2.80 bits per heavy atom. The van der Waals surface area contributed by atoms with Crippen molar-refractivity contribution in [1.29, 1.82) is 0 Å². The zero-order chi connectivity index (χ0) is 17.8. The second kappa shape index (κ2) is 7.48. The van der Waals surface area contributed by atoms with Crippen LogP contribution < -0.4 is 10.6 Å². The third-order valence-electron chi connectivity index (χ3n) is 4.08. The van der Waals surface area contributed by atoms with Crippen molar-refractivity contribution < 1.29 is 0 Å². The average molecular weight is 339 g/mol. The van der Waals surface area contributed by atoms with Crippen LogP contribution in [0.2, 0.25) is 0 Å². The third-order valence-corrected chi connectivity index (χ3v) is 4.08. The summed E-state index contributed by atoms with van der Waals surface area (Å²) in [7, 11) is 6.02. The molecule has 2 aromatic heterocycles. The number of fused-ring (bicyclic) bond motifs is 1. The lowest BCUT2D eigenvalue weighted by Crippen LogP contribution is -2.15. The van der Waals surface area contributed by atoms with E-state index in [2.05, 4.69) is 63.3 Å². The highest BCUT2D eigenvalue weighted by Gasteiger charge is 2.09. The molecule has 2 heterocycles. The van der Waals surface area contributed by atoms with Gasteiger partial charge in [-0.05, 0) is 58.3 Å². The van der Waals surface area contributed by atoms with Gasteiger partial charge in [-0.3, -0.25) is 4.68 Å². The van der Waals surface area contributed by atoms with Crippen molar-refractivity contribution in [1.82, 2.24) is 24.6 Å². The van der Waals surface area contributed by atoms with Crippen molar-refractivity contribution in [2.24, 2.45) is 0 Å². The molecule has 3 rings (SSSR count). The molecule has 0 aliphatic carbocycles. The monoisotopic (exact) mass is 339 g/mol. The summed E-state index contributed by atoms with van der Waals surface area (Å²) in [6, 6.07) is 8.08. The number of anilines is 3. The van der Waals surface area contributed by atoms with E-state index < -0.39 is 0 Å². The van der Waals surface area contributed by atoms with Crippen molar-refractivity contribution in [3.8, 4) is 0 Å². The maximum atomic E-state index is 4.69. The van der Waals surface area contributed by atoms with Gasteiger partial charge in [0.1, 0.15) is 5.82 Å². The minimum absolute atomic E-state index is 0.571. The fourth-order valence-electron chi connectivity index (χ4n) is 2.81. The average Bonchev–Trinajstić information content (AvgIpc) is 2.90. The first-order valence-corrected chi connectivity index (χ1v) is 8.46. The number of benzene rings is 1. The molecule has 0 spiro atoms. The van der Waals surface area contributed by atoms with Gasteiger partial charge in [-0.2, -0.15) is 10.1 Å². The molecule has 0 saturated carbocycles. The zero-order valence-electron chi connectivity index (χ0n) is 15.2. The number of hydrogen-bond acceptors (Lipinski definition) is 6. The molecule has 0 unspecified atom stereocenters. The van der Waals surface area contributed by atoms with E-state index in [9.17, 15) is 0 Å². The smallest absolute Gasteiger partial charge is 0.229 e. The van der Waals surface area contributed by atoms with Gasteiger partial charge in [0.2, 0.25) is 5.95 Å². The highest BCUT2D eigenvalue weighted by Crippen LogP contribution is 2.24. The van der Waals surface area contributed by atoms with E-state index in [4.69, 9.17) is 5.10 Å². The molecule has 7 nitrogen and oxygen atoms in total. The van der Waals surface area contributed by atoms with Crippen LogP contribution in [0.4, 0.5) is 17.5 Å². The van der Waals surface area contributed by atoms with Crippen LogP contribution in [-0.2, 0) is 6.54 Å². The quantitative estimate of drug-likeness (QED) is 0.690. The fraction of sp³-hybridized carbons (Fsp3) is 0.389. The lowest BCUT2D eigenvalue weighted by Gasteiger charge is -2.10. The van der Waals surface area contributed by atoms with Crippen LogP contribution >= 0.6 is 0 Å². The summed E-state index contributed by atoms with van der Waals surface area (Å²) < 4.78 is 2.09. The van der Waals surface area contributed by atoms with Crippen molar-refractivity contribution >= 4 is 28.4 Å². The maximum absolute atomic E-state index is 4.69. The Bertz CT molecular complexity index is 854. The normalized spacial score (nSPS) is 11.2. The molecule has 0 saturated heterocycles. The Labute approximate surface area is 148 Å². The van der Waals surface area contributed by atoms with Crippen LogP contribution in [-0.4, -0.2) is 52.3 Å². The highest BCUT2D eigenvalue weighted by molar-refractivity contribution is 5.85. The number of nitrogens with zero attached hydrogens (tertiary/aromatic N) is 5. The molecule has 0 aliphatic rings. The molecule has 2 N–H and O–H groups in total. The molecule has 0 aliphatic heterocycles. The Hall–Kier alpha value is -2.67. The van der Waals surface area contributed by atoms with Gasteiger partial charge < -0.3 is 15.5 Å². The Morgan fingerprint density at radius 1 is 1.20 bits per heavy atom. The van der Waals surface area contributed by atoms with Crippen LogP contribution in [0.5, 0.6) is 0 Å². The Balaban J connectivity index is 1.84. The van der Waals surface area contributed by atoms with Crippen LogP contribution in [0, 0.1) is 6.92 Å². The molecule has 0 radical (unpaired) electrons. The molecule has 0 atom stereocenters. The molecule has 0 amide bonds. The largest absolute Gasteiger partial charge is 0.373 e. The fourth-order valence-corrected chi connectivity index (χ4v) is 2.81. The number of aromatic nitrogens is 4. The summed E-state index contributed by atoms with van der Waals surface area (Å²) in [4.78, 5) is 10.9. The second-order valence-electron chi connectivity index (χ2n) is 6.34. The van der Waals surface area contributed by atoms with E-state index in [-0.39, 0.29) is 0 Å². The first-order valence-electron chi connectivity index (χ1n) is 8.46. The summed E-state index contributed by atoms with van der Waals surface area (Å²) in [5.74, 6) is 1.35. The highest BCUT2D eigenvalue weighted by atomic mass is 15.3. The van der Waals surface area contributed by atoms with Gasteiger partial charge in [-0.1, -0.05) is 0 Å². The van der Waals surface area contributed by atoms with E-state index >= 15 is 0 Å². The van der Waals surface area contributed by atoms with Crippen molar-refractivity contribution in [3.05, 3.63) is 36.2 Å². The molecule has 1 aromatic carbocycles. The molecule has 25 heavy (non-hydrogen) atoms. The van der Waals surface area contributed by atoms with Crippen molar-refractivity contribution in [3.63, 3.8) is 0 Å². The van der Waals surface area contributed by atoms with Crippen LogP contribution in [0.3, 0.4) is 0 Å². The summed E-state index contributed by atoms with van der Waals surface area (Å²) >= 11 is 0. The zero-order valence-corrected chi connectivity index (χ0v) is 15.2. The molecule has 132 valence electrons. The minimum atomic E-state index is 0.571. The van der Waals surface area contributed by atoms with Gasteiger partial charge >= 0.3 is 0 Å². The number of rotatable bonds is 7. The van der Waals surface area contributed by atoms with Crippen molar-refractivity contribution in [2.45, 2.75) is 19.9 Å². The maximum Gasteiger partial charge on any atom is 0.229 e. The first kappa shape index (κ1) is 17.2. The van der Waals surface area contributed by atoms with Gasteiger partial charge in [-0.25, -0.2) is 4.98 Å². The lowest BCUT2D eigenvalue weighted by molar-refractivity contribution is 0.382. The number of aryl methyl sites for hydroxylation is 2. The standard InChI is InChI=1S/C18H25N7/c1-13-15-7-6-14(21-18-20-9-8-17(19-2)22-18)12-16(15)25(23-13)11-5-10-24(3)4/h6-9,12H,5,10-11H2,1-4H3,(H2,19,20,21,22). The summed E-state index contributed by atoms with van der Waals surface area (Å²) in [5, 5.41) is 12.2. The minimum Gasteiger partial charge on any atom is -0.373 e. The van der Waals surface area contributed by atoms with Crippen LogP contribution in [0.15, 0.2) is 30.5 Å². The first-order chi connectivity index (χ1) is 12.1. The van der Waals surface area contributed by atoms with Crippen molar-refractivity contribution in [2.75, 3.05) is 38.3 Å². The van der Waals surface area contributed by atoms with Gasteiger partial charge in [0.05, 0.1) is 11.2 Å². The van der Waals surface area contributed by atoms with E-state index in [1.807, 2.05) is 19.2 Å². The summed E-state index contributed by atoms with van der Waals surface area (Å²) in [5.41, 5.74) is 3.14. The molecular formula is C18H25N7. The van der Waals surface area contributed by atoms with E-state index in [0.717, 1.165) is 42.2 Å². The number of nitrogens with one attached hydrogen (secondary N) is 2. The van der Waals surface area contributed by atoms with E-state index in [1.54, 1.807) is 6.20 Å². The van der Waals surface area contributed by atoms with E-state index in [1.165, 1.54) is 5.39 Å². The van der Waals surface area contributed by atoms with Crippen LogP contribution in [0.1, 0.15) is 12.1 Å². The van der Waals surface area contributed by atoms with Crippen LogP contribution in [0.25, 0.3) is 10.9 Å². The van der Waals surface area contributed by atoms with Gasteiger partial charge in [0.25, 0.3) is 0 Å². The van der Waals surface area contributed by atoms with Gasteiger partial charge in [0, 0.05) is 30.9 Å². The van der Waals surface area contributed by atoms with Gasteiger partial charge in [-0.15, -0.1) is 0 Å². The topological polar surface area (TPSA) is 70.9 Å². The lowest BCUT2D eigenvalue weighted by atomic mass is 10.2. The SMILES string of the molecule is CNc1ccnc(Nc2ccc3c(C)nn(CCCN(C)C)c3c2)n1. The summed E-state index contributed by atoms with van der Waals surface area (Å²) in [6.45, 7) is 4.00. The molecular weight excluding hydrogens is 314 g/mol. The molecule has 0 fully saturated rings. The third kappa shape index (κ3) is 4.06.